The minimum atomic E-state index is -0.995. The number of nitrogens with two attached hydrogens (primary N) is 1. The van der Waals surface area contributed by atoms with Gasteiger partial charge in [-0.25, -0.2) is 9.78 Å². The standard InChI is InChI=1S/C14H22N4O2/c1-3-18-6-4-5-11(18)9-17(2)13-12(14(19)20)7-10(15)8-16-13/h7-8,11H,3-6,9,15H2,1-2H3,(H,19,20). The number of rotatable bonds is 5. The molecule has 6 nitrogen and oxygen atoms in total. The first-order valence-electron chi connectivity index (χ1n) is 6.97. The van der Waals surface area contributed by atoms with Crippen LogP contribution in [0.15, 0.2) is 12.3 Å². The molecule has 1 aromatic heterocycles. The predicted octanol–water partition coefficient (Wildman–Crippen LogP) is 1.28. The molecule has 1 atom stereocenters. The number of hydrogen-bond donors (Lipinski definition) is 2. The predicted molar refractivity (Wildman–Crippen MR) is 79.1 cm³/mol. The van der Waals surface area contributed by atoms with E-state index >= 15 is 0 Å². The molecular weight excluding hydrogens is 256 g/mol. The van der Waals surface area contributed by atoms with Gasteiger partial charge in [0.25, 0.3) is 0 Å². The van der Waals surface area contributed by atoms with Crippen LogP contribution in [0.2, 0.25) is 0 Å². The first kappa shape index (κ1) is 14.6. The molecular formula is C14H22N4O2. The summed E-state index contributed by atoms with van der Waals surface area (Å²) in [4.78, 5) is 19.8. The largest absolute Gasteiger partial charge is 0.478 e. The van der Waals surface area contributed by atoms with Gasteiger partial charge in [-0.2, -0.15) is 0 Å². The lowest BCUT2D eigenvalue weighted by atomic mass is 10.2. The topological polar surface area (TPSA) is 82.7 Å². The van der Waals surface area contributed by atoms with E-state index in [4.69, 9.17) is 5.73 Å². The van der Waals surface area contributed by atoms with Crippen molar-refractivity contribution in [2.75, 3.05) is 37.3 Å². The number of nitrogens with zero attached hydrogens (tertiary/aromatic N) is 3. The monoisotopic (exact) mass is 278 g/mol. The molecule has 0 aliphatic carbocycles. The summed E-state index contributed by atoms with van der Waals surface area (Å²) in [6, 6.07) is 1.93. The van der Waals surface area contributed by atoms with E-state index in [9.17, 15) is 9.90 Å². The van der Waals surface area contributed by atoms with Gasteiger partial charge in [0.15, 0.2) is 0 Å². The Balaban J connectivity index is 2.16. The molecule has 20 heavy (non-hydrogen) atoms. The van der Waals surface area contributed by atoms with Crippen LogP contribution in [0.1, 0.15) is 30.1 Å². The third-order valence-electron chi connectivity index (χ3n) is 3.87. The molecule has 1 unspecified atom stereocenters. The highest BCUT2D eigenvalue weighted by molar-refractivity contribution is 5.94. The van der Waals surface area contributed by atoms with Gasteiger partial charge in [0.2, 0.25) is 0 Å². The van der Waals surface area contributed by atoms with Crippen molar-refractivity contribution in [2.24, 2.45) is 0 Å². The number of anilines is 2. The summed E-state index contributed by atoms with van der Waals surface area (Å²) in [7, 11) is 1.89. The number of hydrogen-bond acceptors (Lipinski definition) is 5. The summed E-state index contributed by atoms with van der Waals surface area (Å²) in [6.07, 6.45) is 3.85. The third kappa shape index (κ3) is 3.01. The van der Waals surface area contributed by atoms with Crippen molar-refractivity contribution in [3.05, 3.63) is 17.8 Å². The van der Waals surface area contributed by atoms with Crippen molar-refractivity contribution in [1.29, 1.82) is 0 Å². The van der Waals surface area contributed by atoms with Gasteiger partial charge in [-0.1, -0.05) is 6.92 Å². The summed E-state index contributed by atoms with van der Waals surface area (Å²) < 4.78 is 0. The van der Waals surface area contributed by atoms with Crippen LogP contribution in [0.25, 0.3) is 0 Å². The van der Waals surface area contributed by atoms with Crippen molar-refractivity contribution in [3.8, 4) is 0 Å². The maximum atomic E-state index is 11.3. The van der Waals surface area contributed by atoms with Crippen LogP contribution < -0.4 is 10.6 Å². The highest BCUT2D eigenvalue weighted by Crippen LogP contribution is 2.23. The van der Waals surface area contributed by atoms with Crippen LogP contribution in [-0.2, 0) is 0 Å². The Bertz CT molecular complexity index is 492. The summed E-state index contributed by atoms with van der Waals surface area (Å²) in [5.41, 5.74) is 6.15. The second kappa shape index (κ2) is 6.09. The summed E-state index contributed by atoms with van der Waals surface area (Å²) in [5, 5.41) is 9.27. The number of carbonyl (C=O) groups is 1. The Morgan fingerprint density at radius 1 is 1.65 bits per heavy atom. The zero-order valence-corrected chi connectivity index (χ0v) is 12.0. The Morgan fingerprint density at radius 3 is 3.05 bits per heavy atom. The molecule has 0 bridgehead atoms. The summed E-state index contributed by atoms with van der Waals surface area (Å²) in [5.74, 6) is -0.514. The molecule has 1 fully saturated rings. The third-order valence-corrected chi connectivity index (χ3v) is 3.87. The molecule has 110 valence electrons. The van der Waals surface area contributed by atoms with Gasteiger partial charge < -0.3 is 15.7 Å². The Morgan fingerprint density at radius 2 is 2.40 bits per heavy atom. The summed E-state index contributed by atoms with van der Waals surface area (Å²) in [6.45, 7) is 5.09. The van der Waals surface area contributed by atoms with Crippen LogP contribution in [0.3, 0.4) is 0 Å². The average Bonchev–Trinajstić information content (AvgIpc) is 2.85. The number of pyridine rings is 1. The van der Waals surface area contributed by atoms with E-state index in [2.05, 4.69) is 16.8 Å². The van der Waals surface area contributed by atoms with Gasteiger partial charge in [-0.05, 0) is 32.0 Å². The van der Waals surface area contributed by atoms with Crippen molar-refractivity contribution < 1.29 is 9.90 Å². The van der Waals surface area contributed by atoms with Crippen molar-refractivity contribution in [3.63, 3.8) is 0 Å². The highest BCUT2D eigenvalue weighted by Gasteiger charge is 2.26. The van der Waals surface area contributed by atoms with Crippen LogP contribution >= 0.6 is 0 Å². The van der Waals surface area contributed by atoms with Crippen LogP contribution in [0, 0.1) is 0 Å². The van der Waals surface area contributed by atoms with E-state index in [0.717, 1.165) is 26.1 Å². The highest BCUT2D eigenvalue weighted by atomic mass is 16.4. The lowest BCUT2D eigenvalue weighted by Gasteiger charge is -2.29. The fraction of sp³-hybridized carbons (Fsp3) is 0.571. The number of carboxylic acids is 1. The first-order valence-corrected chi connectivity index (χ1v) is 6.97. The molecule has 2 rings (SSSR count). The van der Waals surface area contributed by atoms with Gasteiger partial charge >= 0.3 is 5.97 Å². The van der Waals surface area contributed by atoms with Gasteiger partial charge in [-0.3, -0.25) is 4.90 Å². The van der Waals surface area contributed by atoms with Crippen LogP contribution in [-0.4, -0.2) is 53.7 Å². The minimum Gasteiger partial charge on any atom is -0.478 e. The lowest BCUT2D eigenvalue weighted by Crippen LogP contribution is -2.39. The second-order valence-electron chi connectivity index (χ2n) is 5.25. The van der Waals surface area contributed by atoms with E-state index in [1.807, 2.05) is 11.9 Å². The zero-order valence-electron chi connectivity index (χ0n) is 12.0. The van der Waals surface area contributed by atoms with Crippen molar-refractivity contribution in [2.45, 2.75) is 25.8 Å². The number of carboxylic acid groups (broad SMARTS) is 1. The molecule has 1 aliphatic heterocycles. The van der Waals surface area contributed by atoms with Gasteiger partial charge in [-0.15, -0.1) is 0 Å². The maximum absolute atomic E-state index is 11.3. The molecule has 1 aliphatic rings. The zero-order chi connectivity index (χ0) is 14.7. The van der Waals surface area contributed by atoms with Gasteiger partial charge in [0, 0.05) is 19.6 Å². The van der Waals surface area contributed by atoms with Crippen LogP contribution in [0.5, 0.6) is 0 Å². The Labute approximate surface area is 119 Å². The molecule has 2 heterocycles. The molecule has 0 saturated carbocycles. The van der Waals surface area contributed by atoms with E-state index in [-0.39, 0.29) is 5.56 Å². The fourth-order valence-electron chi connectivity index (χ4n) is 2.86. The molecule has 0 spiro atoms. The van der Waals surface area contributed by atoms with E-state index in [0.29, 0.717) is 17.5 Å². The smallest absolute Gasteiger partial charge is 0.339 e. The molecule has 0 amide bonds. The SMILES string of the molecule is CCN1CCCC1CN(C)c1ncc(N)cc1C(=O)O. The van der Waals surface area contributed by atoms with Crippen LogP contribution in [0.4, 0.5) is 11.5 Å². The molecule has 0 radical (unpaired) electrons. The number of likely N-dealkylation sites (N-methyl/N-ethyl adjacent to an activating group) is 2. The second-order valence-corrected chi connectivity index (χ2v) is 5.25. The van der Waals surface area contributed by atoms with E-state index in [1.165, 1.54) is 18.7 Å². The molecule has 6 heteroatoms. The van der Waals surface area contributed by atoms with E-state index in [1.54, 1.807) is 0 Å². The molecule has 1 saturated heterocycles. The Hall–Kier alpha value is -1.82. The molecule has 0 aromatic carbocycles. The minimum absolute atomic E-state index is 0.161. The average molecular weight is 278 g/mol. The summed E-state index contributed by atoms with van der Waals surface area (Å²) >= 11 is 0. The van der Waals surface area contributed by atoms with Gasteiger partial charge in [0.05, 0.1) is 11.9 Å². The van der Waals surface area contributed by atoms with E-state index < -0.39 is 5.97 Å². The molecule has 3 N–H and O–H groups in total. The van der Waals surface area contributed by atoms with Crippen molar-refractivity contribution >= 4 is 17.5 Å². The first-order chi connectivity index (χ1) is 9.52. The molecule has 1 aromatic rings. The Kier molecular flexibility index (Phi) is 4.44. The number of likely N-dealkylation sites (tertiary alicyclic amines) is 1. The quantitative estimate of drug-likeness (QED) is 0.844. The van der Waals surface area contributed by atoms with Crippen molar-refractivity contribution in [1.82, 2.24) is 9.88 Å². The van der Waals surface area contributed by atoms with Gasteiger partial charge in [0.1, 0.15) is 11.4 Å². The number of nitrogen functional groups attached to an aromatic ring is 1. The number of aromatic carboxylic acids is 1. The normalized spacial score (nSPS) is 19.2. The number of aromatic nitrogens is 1. The maximum Gasteiger partial charge on any atom is 0.339 e. The lowest BCUT2D eigenvalue weighted by molar-refractivity contribution is 0.0697. The fourth-order valence-corrected chi connectivity index (χ4v) is 2.86.